The van der Waals surface area contributed by atoms with E-state index in [0.29, 0.717) is 29.7 Å². The average Bonchev–Trinajstić information content (AvgIpc) is 0.777. The van der Waals surface area contributed by atoms with Crippen LogP contribution in [0.5, 0.6) is 0 Å². The molecule has 133 heavy (non-hydrogen) atoms. The molecule has 8 aromatic rings. The number of halogens is 1. The lowest BCUT2D eigenvalue weighted by Gasteiger charge is -2.41. The first-order chi connectivity index (χ1) is 61.9. The first-order valence-corrected chi connectivity index (χ1v) is 55.7. The fourth-order valence-corrected chi connectivity index (χ4v) is 21.9. The Bertz CT molecular complexity index is 5180. The smallest absolute Gasteiger partial charge is 0.342 e. The highest BCUT2D eigenvalue weighted by atomic mass is 35.5. The number of hydrogen-bond acceptors (Lipinski definition) is 23. The van der Waals surface area contributed by atoms with Crippen LogP contribution in [0, 0.1) is 134 Å². The summed E-state index contributed by atoms with van der Waals surface area (Å²) < 4.78 is 33.8. The number of methoxy groups -OCH3 is 3. The maximum absolute atomic E-state index is 13.9. The summed E-state index contributed by atoms with van der Waals surface area (Å²) in [4.78, 5) is 106. The Hall–Kier alpha value is -8.09. The third-order valence-corrected chi connectivity index (χ3v) is 38.9. The summed E-state index contributed by atoms with van der Waals surface area (Å²) >= 11 is 12.2. The zero-order valence-corrected chi connectivity index (χ0v) is 91.2. The number of ether oxygens (including phenoxy) is 4. The predicted molar refractivity (Wildman–Crippen MR) is 552 cm³/mol. The number of benzene rings is 4. The predicted octanol–water partition coefficient (Wildman–Crippen LogP) is 25.0. The molecule has 0 aliphatic carbocycles. The van der Waals surface area contributed by atoms with Crippen LogP contribution in [0.25, 0.3) is 5.57 Å². The van der Waals surface area contributed by atoms with Gasteiger partial charge in [0.2, 0.25) is 5.24 Å². The van der Waals surface area contributed by atoms with Gasteiger partial charge in [0, 0.05) is 79.4 Å². The van der Waals surface area contributed by atoms with Crippen molar-refractivity contribution in [3.05, 3.63) is 239 Å². The van der Waals surface area contributed by atoms with Crippen molar-refractivity contribution in [1.29, 1.82) is 0 Å². The molecule has 2 N–H and O–H groups in total. The molecule has 0 radical (unpaired) electrons. The van der Waals surface area contributed by atoms with E-state index in [-0.39, 0.29) is 99.9 Å². The van der Waals surface area contributed by atoms with E-state index in [9.17, 15) is 43.8 Å². The molecular formula is C107H149ClN4O15S4Si2. The highest BCUT2D eigenvalue weighted by molar-refractivity contribution is 7.99. The van der Waals surface area contributed by atoms with Gasteiger partial charge in [-0.1, -0.05) is 164 Å². The molecule has 726 valence electrons. The maximum Gasteiger partial charge on any atom is 0.342 e. The van der Waals surface area contributed by atoms with E-state index in [2.05, 4.69) is 137 Å². The number of pyridine rings is 4. The molecule has 0 bridgehead atoms. The van der Waals surface area contributed by atoms with Gasteiger partial charge in [0.1, 0.15) is 29.3 Å². The van der Waals surface area contributed by atoms with Crippen molar-refractivity contribution in [3.8, 4) is 0 Å². The Morgan fingerprint density at radius 3 is 1.08 bits per heavy atom. The van der Waals surface area contributed by atoms with E-state index in [1.807, 2.05) is 209 Å². The van der Waals surface area contributed by atoms with Gasteiger partial charge in [0.05, 0.1) is 66.2 Å². The van der Waals surface area contributed by atoms with Crippen molar-refractivity contribution >= 4 is 122 Å². The van der Waals surface area contributed by atoms with Gasteiger partial charge in [-0.25, -0.2) is 24.7 Å². The standard InChI is InChI=1S/C30H45NO4SSi.C24H31NO4S.C23H27NO3S.C18H30ClNO2SSi.C12H16O2/c1-19-12-13-26(31-17-19)36-18-23(5)25(35-37(10,11)30(6,7)8)16-24(32)28(29(33)34-9)27-21(3)14-20(2)15-22(27)4;1-14-7-8-21(25-12-14)30-13-18(5)19(26)11-20(27)23(24(28)29-6)22-16(3)9-15(2)10-17(22)4;1-13-6-7-20(24-11-13)28-12-17(5)19-10-18(25)22(23(26)27-19)21-15(3)8-14(2)9-16(21)4;1-13-8-9-17(20-11-13)23-12-14(2)15(10-16(19)21)22-24(6,7)18(3,4)5;1-8-5-9(2)11(10(3)6-8)7-12(13)14-4/h12-15,17,23,25,28H,16,18H2,1-11H3;7-10,12,18-19,23,26H,11,13H2,1-6H3;6-9,11,17,19,25H,10,12H2,1-5H3;8-9,11,14-15H,10,12H2,1-7H3;5-6H,7H2,1-4H3. The molecule has 19 nitrogen and oxygen atoms in total. The van der Waals surface area contributed by atoms with Gasteiger partial charge >= 0.3 is 23.9 Å². The second-order valence-electron chi connectivity index (χ2n) is 39.1. The maximum atomic E-state index is 13.9. The molecule has 10 unspecified atom stereocenters. The number of Topliss-reactive ketones (excluding diaryl/α,β-unsaturated/α-hetero) is 2. The second-order valence-corrected chi connectivity index (χ2v) is 53.2. The summed E-state index contributed by atoms with van der Waals surface area (Å²) in [5.74, 6) is -0.825. The molecule has 0 amide bonds. The Morgan fingerprint density at radius 2 is 0.767 bits per heavy atom. The van der Waals surface area contributed by atoms with Crippen molar-refractivity contribution < 1.29 is 71.6 Å². The lowest BCUT2D eigenvalue weighted by atomic mass is 9.84. The number of aromatic nitrogens is 4. The Labute approximate surface area is 818 Å². The van der Waals surface area contributed by atoms with Crippen molar-refractivity contribution in [1.82, 2.24) is 19.9 Å². The van der Waals surface area contributed by atoms with E-state index >= 15 is 0 Å². The summed E-state index contributed by atoms with van der Waals surface area (Å²) in [6, 6.07) is 32.3. The van der Waals surface area contributed by atoms with Crippen LogP contribution in [0.2, 0.25) is 36.3 Å². The number of carbonyl (C=O) groups is 7. The number of ketones is 2. The van der Waals surface area contributed by atoms with Crippen LogP contribution in [-0.4, -0.2) is 156 Å². The molecule has 5 heterocycles. The molecule has 0 fully saturated rings. The molecule has 0 saturated heterocycles. The normalized spacial score (nSPS) is 14.9. The quantitative estimate of drug-likeness (QED) is 0.00933. The van der Waals surface area contributed by atoms with E-state index in [0.717, 1.165) is 138 Å². The number of carbonyl (C=O) groups excluding carboxylic acids is 7. The van der Waals surface area contributed by atoms with E-state index in [1.165, 1.54) is 26.9 Å². The molecular weight excluding hydrogens is 1800 g/mol. The van der Waals surface area contributed by atoms with Gasteiger partial charge in [-0.3, -0.25) is 28.8 Å². The molecule has 1 aliphatic rings. The first kappa shape index (κ1) is 115. The van der Waals surface area contributed by atoms with Crippen LogP contribution >= 0.6 is 58.6 Å². The molecule has 26 heteroatoms. The molecule has 0 saturated carbocycles. The monoisotopic (exact) mass is 1950 g/mol. The number of aliphatic hydroxyl groups is 2. The van der Waals surface area contributed by atoms with E-state index in [1.54, 1.807) is 53.2 Å². The van der Waals surface area contributed by atoms with Gasteiger partial charge in [-0.15, -0.1) is 47.0 Å². The molecule has 1 aliphatic heterocycles. The lowest BCUT2D eigenvalue weighted by Crippen LogP contribution is -2.46. The minimum atomic E-state index is -2.19. The molecule has 4 aromatic heterocycles. The Balaban J connectivity index is 0.000000301. The largest absolute Gasteiger partial charge is 0.511 e. The van der Waals surface area contributed by atoms with Gasteiger partial charge in [0.25, 0.3) is 0 Å². The zero-order valence-electron chi connectivity index (χ0n) is 85.2. The number of aliphatic hydroxyl groups excluding tert-OH is 2. The summed E-state index contributed by atoms with van der Waals surface area (Å²) in [5, 5.41) is 24.9. The van der Waals surface area contributed by atoms with Crippen LogP contribution in [-0.2, 0) is 67.8 Å². The van der Waals surface area contributed by atoms with Gasteiger partial charge < -0.3 is 38.0 Å². The number of nitrogens with zero attached hydrogens (tertiary/aromatic N) is 4. The van der Waals surface area contributed by atoms with Crippen LogP contribution < -0.4 is 0 Å². The Morgan fingerprint density at radius 1 is 0.451 bits per heavy atom. The van der Waals surface area contributed by atoms with Gasteiger partial charge in [0.15, 0.2) is 28.2 Å². The van der Waals surface area contributed by atoms with Crippen molar-refractivity contribution in [3.63, 3.8) is 0 Å². The topological polar surface area (TPSA) is 267 Å². The molecule has 4 aromatic carbocycles. The van der Waals surface area contributed by atoms with Gasteiger partial charge in [-0.2, -0.15) is 0 Å². The third-order valence-electron chi connectivity index (χ3n) is 24.8. The number of thioether (sulfide) groups is 4. The van der Waals surface area contributed by atoms with Crippen molar-refractivity contribution in [2.24, 2.45) is 23.7 Å². The van der Waals surface area contributed by atoms with Crippen LogP contribution in [0.3, 0.4) is 0 Å². The fourth-order valence-electron chi connectivity index (χ4n) is 15.1. The zero-order chi connectivity index (χ0) is 100. The highest BCUT2D eigenvalue weighted by Crippen LogP contribution is 2.43. The SMILES string of the molecule is COC(=O)C(C(=O)CC(O)C(C)CSc1ccc(C)cn1)c1c(C)cc(C)cc1C.COC(=O)C(C(=O)CC(O[Si](C)(C)C(C)(C)C)C(C)CSc1ccc(C)cn1)c1c(C)cc(C)cc1C.COC(=O)Cc1c(C)cc(C)cc1C.Cc1ccc(SCC(C)C(CC(=O)Cl)O[Si](C)(C)C(C)(C)C)nc1.Cc1ccc(SCC(C)C2CC(O)=C(c3c(C)cc(C)cc3C)C(=O)O2)nc1. The van der Waals surface area contributed by atoms with E-state index in [4.69, 9.17) is 34.7 Å². The third kappa shape index (κ3) is 36.1. The molecule has 0 spiro atoms. The summed E-state index contributed by atoms with van der Waals surface area (Å²) in [5.41, 5.74) is 20.5. The first-order valence-electron chi connectivity index (χ1n) is 45.6. The fraction of sp³-hybridized carbons (Fsp3) is 0.505. The lowest BCUT2D eigenvalue weighted by molar-refractivity contribution is -0.147. The minimum Gasteiger partial charge on any atom is -0.511 e. The molecule has 9 rings (SSSR count). The van der Waals surface area contributed by atoms with Crippen LogP contribution in [0.15, 0.2) is 148 Å². The minimum absolute atomic E-state index is 0.00838. The highest BCUT2D eigenvalue weighted by Gasteiger charge is 2.44. The molecule has 10 atom stereocenters. The number of cyclic esters (lactones) is 1. The van der Waals surface area contributed by atoms with Gasteiger partial charge in [-0.05, 0) is 290 Å². The average molecular weight is 1950 g/mol. The number of rotatable bonds is 35. The van der Waals surface area contributed by atoms with Crippen LogP contribution in [0.1, 0.15) is 218 Å². The van der Waals surface area contributed by atoms with E-state index < -0.39 is 52.5 Å². The van der Waals surface area contributed by atoms with Crippen molar-refractivity contribution in [2.75, 3.05) is 44.3 Å². The van der Waals surface area contributed by atoms with Crippen molar-refractivity contribution in [2.45, 2.75) is 305 Å². The number of hydrogen-bond donors (Lipinski definition) is 2. The summed E-state index contributed by atoms with van der Waals surface area (Å²) in [6.07, 6.45) is 6.78. The Kier molecular flexibility index (Phi) is 46.0. The summed E-state index contributed by atoms with van der Waals surface area (Å²) in [6.45, 7) is 62.0. The number of esters is 4. The van der Waals surface area contributed by atoms with Crippen LogP contribution in [0.4, 0.5) is 0 Å². The number of aryl methyl sites for hydroxylation is 16. The summed E-state index contributed by atoms with van der Waals surface area (Å²) in [7, 11) is -0.0871. The second kappa shape index (κ2) is 53.0.